The Morgan fingerprint density at radius 3 is 2.91 bits per heavy atom. The Kier molecular flexibility index (Phi) is 1.90. The first-order valence-corrected chi connectivity index (χ1v) is 4.62. The summed E-state index contributed by atoms with van der Waals surface area (Å²) in [6.45, 7) is 2.36. The first-order valence-electron chi connectivity index (χ1n) is 4.62. The van der Waals surface area contributed by atoms with Gasteiger partial charge in [-0.1, -0.05) is 0 Å². The second-order valence-corrected chi connectivity index (χ2v) is 4.23. The SMILES string of the molecule is CN1CC2CCC(O)C(C2)C1. The molecule has 2 rings (SSSR count). The summed E-state index contributed by atoms with van der Waals surface area (Å²) in [6, 6.07) is 0. The largest absolute Gasteiger partial charge is 0.393 e. The topological polar surface area (TPSA) is 23.5 Å². The summed E-state index contributed by atoms with van der Waals surface area (Å²) >= 11 is 0. The quantitative estimate of drug-likeness (QED) is 0.557. The summed E-state index contributed by atoms with van der Waals surface area (Å²) in [5, 5.41) is 9.61. The van der Waals surface area contributed by atoms with Gasteiger partial charge in [-0.05, 0) is 38.1 Å². The van der Waals surface area contributed by atoms with Crippen molar-refractivity contribution in [3.8, 4) is 0 Å². The van der Waals surface area contributed by atoms with Gasteiger partial charge in [0.05, 0.1) is 6.10 Å². The maximum Gasteiger partial charge on any atom is 0.0580 e. The third-order valence-corrected chi connectivity index (χ3v) is 3.17. The Hall–Kier alpha value is -0.0800. The lowest BCUT2D eigenvalue weighted by molar-refractivity contribution is -0.00558. The van der Waals surface area contributed by atoms with Crippen molar-refractivity contribution in [3.05, 3.63) is 0 Å². The number of rotatable bonds is 0. The molecule has 1 aliphatic heterocycles. The molecule has 1 saturated carbocycles. The molecule has 3 atom stereocenters. The highest BCUT2D eigenvalue weighted by molar-refractivity contribution is 4.86. The Bertz CT molecular complexity index is 146. The predicted octanol–water partition coefficient (Wildman–Crippen LogP) is 0.709. The van der Waals surface area contributed by atoms with E-state index in [-0.39, 0.29) is 6.10 Å². The van der Waals surface area contributed by atoms with Crippen LogP contribution in [0.1, 0.15) is 19.3 Å². The predicted molar refractivity (Wildman–Crippen MR) is 44.3 cm³/mol. The molecule has 0 amide bonds. The maximum absolute atomic E-state index is 9.61. The van der Waals surface area contributed by atoms with Crippen LogP contribution in [-0.4, -0.2) is 36.2 Å². The highest BCUT2D eigenvalue weighted by Gasteiger charge is 2.34. The molecule has 1 aliphatic carbocycles. The number of nitrogens with zero attached hydrogens (tertiary/aromatic N) is 1. The molecule has 11 heavy (non-hydrogen) atoms. The van der Waals surface area contributed by atoms with E-state index in [1.807, 2.05) is 0 Å². The molecule has 2 heteroatoms. The minimum absolute atomic E-state index is 0.00556. The Labute approximate surface area is 68.2 Å². The van der Waals surface area contributed by atoms with Crippen molar-refractivity contribution in [2.45, 2.75) is 25.4 Å². The van der Waals surface area contributed by atoms with Crippen molar-refractivity contribution < 1.29 is 5.11 Å². The van der Waals surface area contributed by atoms with Gasteiger partial charge in [-0.3, -0.25) is 0 Å². The molecular formula is C9H17NO. The number of likely N-dealkylation sites (tertiary alicyclic amines) is 1. The zero-order valence-corrected chi connectivity index (χ0v) is 7.16. The number of piperidine rings is 1. The van der Waals surface area contributed by atoms with Crippen molar-refractivity contribution in [2.24, 2.45) is 11.8 Å². The van der Waals surface area contributed by atoms with Crippen LogP contribution in [0.2, 0.25) is 0 Å². The van der Waals surface area contributed by atoms with E-state index >= 15 is 0 Å². The molecule has 0 aromatic carbocycles. The number of aliphatic hydroxyl groups excluding tert-OH is 1. The van der Waals surface area contributed by atoms with Crippen molar-refractivity contribution in [2.75, 3.05) is 20.1 Å². The van der Waals surface area contributed by atoms with Crippen LogP contribution in [-0.2, 0) is 0 Å². The summed E-state index contributed by atoms with van der Waals surface area (Å²) in [5.41, 5.74) is 0. The first-order chi connectivity index (χ1) is 5.25. The van der Waals surface area contributed by atoms with Crippen molar-refractivity contribution >= 4 is 0 Å². The highest BCUT2D eigenvalue weighted by Crippen LogP contribution is 2.33. The molecule has 0 aromatic heterocycles. The van der Waals surface area contributed by atoms with Crippen molar-refractivity contribution in [1.82, 2.24) is 4.90 Å². The summed E-state index contributed by atoms with van der Waals surface area (Å²) in [4.78, 5) is 2.36. The molecule has 1 saturated heterocycles. The van der Waals surface area contributed by atoms with Crippen LogP contribution in [0.4, 0.5) is 0 Å². The van der Waals surface area contributed by atoms with Crippen LogP contribution >= 0.6 is 0 Å². The normalized spacial score (nSPS) is 45.8. The highest BCUT2D eigenvalue weighted by atomic mass is 16.3. The molecule has 2 aliphatic rings. The zero-order valence-electron chi connectivity index (χ0n) is 7.16. The molecule has 2 bridgehead atoms. The van der Waals surface area contributed by atoms with Crippen LogP contribution in [0.25, 0.3) is 0 Å². The third-order valence-electron chi connectivity index (χ3n) is 3.17. The molecule has 64 valence electrons. The van der Waals surface area contributed by atoms with Gasteiger partial charge in [0.25, 0.3) is 0 Å². The van der Waals surface area contributed by atoms with Gasteiger partial charge in [-0.25, -0.2) is 0 Å². The van der Waals surface area contributed by atoms with Crippen LogP contribution < -0.4 is 0 Å². The number of aliphatic hydroxyl groups is 1. The Morgan fingerprint density at radius 2 is 2.09 bits per heavy atom. The Morgan fingerprint density at radius 1 is 1.27 bits per heavy atom. The summed E-state index contributed by atoms with van der Waals surface area (Å²) in [7, 11) is 2.16. The van der Waals surface area contributed by atoms with Gasteiger partial charge in [0, 0.05) is 13.1 Å². The monoisotopic (exact) mass is 155 g/mol. The molecule has 0 aromatic rings. The van der Waals surface area contributed by atoms with Crippen molar-refractivity contribution in [3.63, 3.8) is 0 Å². The van der Waals surface area contributed by atoms with E-state index in [0.717, 1.165) is 18.9 Å². The van der Waals surface area contributed by atoms with Gasteiger partial charge in [0.1, 0.15) is 0 Å². The van der Waals surface area contributed by atoms with E-state index in [4.69, 9.17) is 0 Å². The van der Waals surface area contributed by atoms with E-state index < -0.39 is 0 Å². The van der Waals surface area contributed by atoms with E-state index in [9.17, 15) is 5.11 Å². The summed E-state index contributed by atoms with van der Waals surface area (Å²) < 4.78 is 0. The van der Waals surface area contributed by atoms with Gasteiger partial charge in [0.15, 0.2) is 0 Å². The van der Waals surface area contributed by atoms with E-state index in [2.05, 4.69) is 11.9 Å². The lowest BCUT2D eigenvalue weighted by atomic mass is 9.76. The smallest absolute Gasteiger partial charge is 0.0580 e. The van der Waals surface area contributed by atoms with Crippen LogP contribution in [0.15, 0.2) is 0 Å². The van der Waals surface area contributed by atoms with Crippen LogP contribution in [0.5, 0.6) is 0 Å². The molecule has 0 radical (unpaired) electrons. The van der Waals surface area contributed by atoms with Gasteiger partial charge >= 0.3 is 0 Å². The van der Waals surface area contributed by atoms with E-state index in [1.165, 1.54) is 19.4 Å². The number of hydrogen-bond acceptors (Lipinski definition) is 2. The van der Waals surface area contributed by atoms with Crippen LogP contribution in [0, 0.1) is 11.8 Å². The molecule has 2 fully saturated rings. The molecule has 3 unspecified atom stereocenters. The van der Waals surface area contributed by atoms with Crippen LogP contribution in [0.3, 0.4) is 0 Å². The standard InChI is InChI=1S/C9H17NO/c1-10-5-7-2-3-9(11)8(4-7)6-10/h7-9,11H,2-6H2,1H3. The average Bonchev–Trinajstić information content (AvgIpc) is 1.97. The van der Waals surface area contributed by atoms with Gasteiger partial charge in [0.2, 0.25) is 0 Å². The van der Waals surface area contributed by atoms with E-state index in [1.54, 1.807) is 0 Å². The minimum Gasteiger partial charge on any atom is -0.393 e. The fourth-order valence-corrected chi connectivity index (χ4v) is 2.62. The van der Waals surface area contributed by atoms with E-state index in [0.29, 0.717) is 5.92 Å². The fourth-order valence-electron chi connectivity index (χ4n) is 2.62. The molecule has 0 spiro atoms. The molecular weight excluding hydrogens is 138 g/mol. The number of fused-ring (bicyclic) bond motifs is 2. The zero-order chi connectivity index (χ0) is 7.84. The number of hydrogen-bond donors (Lipinski definition) is 1. The second-order valence-electron chi connectivity index (χ2n) is 4.23. The third kappa shape index (κ3) is 1.42. The summed E-state index contributed by atoms with van der Waals surface area (Å²) in [5.74, 6) is 1.45. The first kappa shape index (κ1) is 7.56. The minimum atomic E-state index is -0.00556. The Balaban J connectivity index is 2.02. The molecule has 1 heterocycles. The molecule has 2 nitrogen and oxygen atoms in total. The van der Waals surface area contributed by atoms with Crippen molar-refractivity contribution in [1.29, 1.82) is 0 Å². The molecule has 1 N–H and O–H groups in total. The fraction of sp³-hybridized carbons (Fsp3) is 1.00. The average molecular weight is 155 g/mol. The maximum atomic E-state index is 9.61. The summed E-state index contributed by atoms with van der Waals surface area (Å²) in [6.07, 6.45) is 3.55. The second kappa shape index (κ2) is 2.76. The van der Waals surface area contributed by atoms with Gasteiger partial charge < -0.3 is 10.0 Å². The lowest BCUT2D eigenvalue weighted by Gasteiger charge is -2.42. The van der Waals surface area contributed by atoms with Gasteiger partial charge in [-0.2, -0.15) is 0 Å². The van der Waals surface area contributed by atoms with Gasteiger partial charge in [-0.15, -0.1) is 0 Å². The lowest BCUT2D eigenvalue weighted by Crippen LogP contribution is -2.45.